The number of piperidine rings is 1. The van der Waals surface area contributed by atoms with Crippen LogP contribution >= 0.6 is 35.6 Å². The normalized spacial score (nSPS) is 19.8. The van der Waals surface area contributed by atoms with Gasteiger partial charge in [0.1, 0.15) is 11.6 Å². The van der Waals surface area contributed by atoms with Gasteiger partial charge in [0.25, 0.3) is 0 Å². The Morgan fingerprint density at radius 2 is 1.32 bits per heavy atom. The first-order chi connectivity index (χ1) is 17.5. The molecule has 0 aliphatic carbocycles. The maximum Gasteiger partial charge on any atom is 0.184 e. The van der Waals surface area contributed by atoms with Crippen molar-refractivity contribution in [3.63, 3.8) is 0 Å². The molecule has 7 heteroatoms. The maximum atomic E-state index is 13.4. The molecule has 1 saturated heterocycles. The molecule has 37 heavy (non-hydrogen) atoms. The topological polar surface area (TPSA) is 15.7 Å². The molecule has 3 aromatic carbocycles. The number of halogens is 4. The van der Waals surface area contributed by atoms with Gasteiger partial charge in [0.15, 0.2) is 6.23 Å². The fourth-order valence-corrected chi connectivity index (χ4v) is 5.67. The molecule has 0 bridgehead atoms. The van der Waals surface area contributed by atoms with Gasteiger partial charge in [-0.25, -0.2) is 9.40 Å². The van der Waals surface area contributed by atoms with E-state index in [9.17, 15) is 4.39 Å². The Kier molecular flexibility index (Phi) is 9.55. The van der Waals surface area contributed by atoms with E-state index >= 15 is 0 Å². The highest BCUT2D eigenvalue weighted by molar-refractivity contribution is 6.30. The summed E-state index contributed by atoms with van der Waals surface area (Å²) in [6, 6.07) is 22.8. The second-order valence-corrected chi connectivity index (χ2v) is 10.8. The van der Waals surface area contributed by atoms with Crippen molar-refractivity contribution in [3.8, 4) is 5.75 Å². The molecule has 1 unspecified atom stereocenters. The smallest absolute Gasteiger partial charge is 0.184 e. The van der Waals surface area contributed by atoms with Gasteiger partial charge in [-0.2, -0.15) is 5.01 Å². The van der Waals surface area contributed by atoms with Gasteiger partial charge in [-0.15, -0.1) is 12.4 Å². The van der Waals surface area contributed by atoms with Crippen molar-refractivity contribution < 1.29 is 9.13 Å². The lowest BCUT2D eigenvalue weighted by molar-refractivity contribution is -0.134. The Hall–Kier alpha value is -2.08. The summed E-state index contributed by atoms with van der Waals surface area (Å²) in [5.74, 6) is 0.418. The molecule has 0 saturated carbocycles. The van der Waals surface area contributed by atoms with E-state index in [0.717, 1.165) is 61.8 Å². The van der Waals surface area contributed by atoms with E-state index in [-0.39, 0.29) is 29.9 Å². The monoisotopic (exact) mass is 560 g/mol. The quantitative estimate of drug-likeness (QED) is 0.272. The van der Waals surface area contributed by atoms with Crippen molar-refractivity contribution in [1.82, 2.24) is 10.0 Å². The Morgan fingerprint density at radius 1 is 0.784 bits per heavy atom. The van der Waals surface area contributed by atoms with Gasteiger partial charge < -0.3 is 4.74 Å². The van der Waals surface area contributed by atoms with Crippen LogP contribution < -0.4 is 4.74 Å². The maximum absolute atomic E-state index is 13.4. The van der Waals surface area contributed by atoms with Crippen LogP contribution in [0.3, 0.4) is 0 Å². The zero-order valence-electron chi connectivity index (χ0n) is 20.7. The number of rotatable bonds is 7. The Balaban J connectivity index is 0.00000320. The van der Waals surface area contributed by atoms with Gasteiger partial charge in [-0.1, -0.05) is 53.5 Å². The van der Waals surface area contributed by atoms with Crippen molar-refractivity contribution >= 4 is 35.6 Å². The first-order valence-corrected chi connectivity index (χ1v) is 13.3. The number of hydrogen-bond donors (Lipinski definition) is 0. The van der Waals surface area contributed by atoms with E-state index in [4.69, 9.17) is 27.9 Å². The Bertz CT molecular complexity index is 1110. The van der Waals surface area contributed by atoms with E-state index in [1.807, 2.05) is 24.3 Å². The second-order valence-electron chi connectivity index (χ2n) is 9.90. The van der Waals surface area contributed by atoms with Crippen molar-refractivity contribution in [2.45, 2.75) is 38.3 Å². The molecule has 0 aromatic heterocycles. The van der Waals surface area contributed by atoms with Crippen LogP contribution in [0.25, 0.3) is 0 Å². The van der Waals surface area contributed by atoms with Crippen molar-refractivity contribution in [1.29, 1.82) is 0 Å². The van der Waals surface area contributed by atoms with Crippen molar-refractivity contribution in [2.24, 2.45) is 5.41 Å². The van der Waals surface area contributed by atoms with Crippen LogP contribution in [0.2, 0.25) is 10.0 Å². The van der Waals surface area contributed by atoms with Crippen LogP contribution in [0, 0.1) is 11.2 Å². The molecule has 5 rings (SSSR count). The van der Waals surface area contributed by atoms with E-state index in [1.54, 1.807) is 12.1 Å². The molecule has 0 amide bonds. The summed E-state index contributed by atoms with van der Waals surface area (Å²) in [6.45, 7) is 2.82. The van der Waals surface area contributed by atoms with Crippen molar-refractivity contribution in [2.75, 3.05) is 19.6 Å². The van der Waals surface area contributed by atoms with Crippen LogP contribution in [0.5, 0.6) is 5.75 Å². The number of nitrogens with zero attached hydrogens (tertiary/aromatic N) is 2. The highest BCUT2D eigenvalue weighted by Crippen LogP contribution is 2.40. The van der Waals surface area contributed by atoms with Gasteiger partial charge in [-0.3, -0.25) is 0 Å². The predicted molar refractivity (Wildman–Crippen MR) is 152 cm³/mol. The number of hydrogen-bond acceptors (Lipinski definition) is 3. The molecule has 196 valence electrons. The van der Waals surface area contributed by atoms with Crippen LogP contribution in [-0.2, 0) is 12.8 Å². The van der Waals surface area contributed by atoms with Gasteiger partial charge in [0.05, 0.1) is 0 Å². The summed E-state index contributed by atoms with van der Waals surface area (Å²) in [5.41, 5.74) is 2.79. The lowest BCUT2D eigenvalue weighted by atomic mass is 9.70. The van der Waals surface area contributed by atoms with Gasteiger partial charge in [0, 0.05) is 29.7 Å². The third-order valence-corrected chi connectivity index (χ3v) is 7.84. The summed E-state index contributed by atoms with van der Waals surface area (Å²) in [7, 11) is 0. The van der Waals surface area contributed by atoms with E-state index in [0.29, 0.717) is 5.75 Å². The summed E-state index contributed by atoms with van der Waals surface area (Å²) in [6.07, 6.45) is 9.23. The molecule has 1 atom stereocenters. The summed E-state index contributed by atoms with van der Waals surface area (Å²) in [5, 5.41) is 6.31. The fraction of sp³-hybridized carbons (Fsp3) is 0.333. The fourth-order valence-electron chi connectivity index (χ4n) is 5.41. The molecule has 2 aliphatic heterocycles. The summed E-state index contributed by atoms with van der Waals surface area (Å²) < 4.78 is 19.6. The summed E-state index contributed by atoms with van der Waals surface area (Å²) >= 11 is 12.3. The second kappa shape index (κ2) is 12.6. The zero-order valence-corrected chi connectivity index (χ0v) is 23.0. The first kappa shape index (κ1) is 27.9. The minimum absolute atomic E-state index is 0. The Labute approximate surface area is 235 Å². The summed E-state index contributed by atoms with van der Waals surface area (Å²) in [4.78, 5) is 0. The molecule has 2 heterocycles. The molecular weight excluding hydrogens is 530 g/mol. The first-order valence-electron chi connectivity index (χ1n) is 12.6. The molecule has 0 N–H and O–H groups in total. The molecule has 0 radical (unpaired) electrons. The van der Waals surface area contributed by atoms with Crippen LogP contribution in [0.15, 0.2) is 84.9 Å². The lowest BCUT2D eigenvalue weighted by Crippen LogP contribution is -2.56. The molecular formula is C30H32Cl3FN2O. The minimum atomic E-state index is -0.257. The standard InChI is InChI=1S/C30H31Cl2FN2O.ClH/c31-25-8-4-23(5-9-25)21-30(22-24-6-10-26(32)11-7-24)16-19-34(20-17-30)35-18-2-1-3-29(35)36-28-14-12-27(33)13-15-28;/h1,3-15,29H,2,16-22H2;1H. The van der Waals surface area contributed by atoms with Gasteiger partial charge in [-0.05, 0) is 103 Å². The van der Waals surface area contributed by atoms with Crippen molar-refractivity contribution in [3.05, 3.63) is 112 Å². The van der Waals surface area contributed by atoms with E-state index < -0.39 is 0 Å². The highest BCUT2D eigenvalue weighted by Gasteiger charge is 2.38. The van der Waals surface area contributed by atoms with E-state index in [1.165, 1.54) is 23.3 Å². The van der Waals surface area contributed by atoms with Crippen LogP contribution in [0.1, 0.15) is 30.4 Å². The molecule has 3 nitrogen and oxygen atoms in total. The SMILES string of the molecule is Cl.Fc1ccc(OC2C=CCCN2N2CCC(Cc3ccc(Cl)cc3)(Cc3ccc(Cl)cc3)CC2)cc1. The highest BCUT2D eigenvalue weighted by atomic mass is 35.5. The molecule has 0 spiro atoms. The average molecular weight is 562 g/mol. The average Bonchev–Trinajstić information content (AvgIpc) is 2.89. The third kappa shape index (κ3) is 7.28. The van der Waals surface area contributed by atoms with Crippen LogP contribution in [-0.4, -0.2) is 35.9 Å². The number of ether oxygens (including phenoxy) is 1. The minimum Gasteiger partial charge on any atom is -0.470 e. The lowest BCUT2D eigenvalue weighted by Gasteiger charge is -2.48. The number of hydrazine groups is 1. The predicted octanol–water partition coefficient (Wildman–Crippen LogP) is 8.00. The van der Waals surface area contributed by atoms with Gasteiger partial charge in [0.2, 0.25) is 0 Å². The largest absolute Gasteiger partial charge is 0.470 e. The van der Waals surface area contributed by atoms with E-state index in [2.05, 4.69) is 46.4 Å². The zero-order chi connectivity index (χ0) is 25.0. The number of benzene rings is 3. The van der Waals surface area contributed by atoms with Crippen LogP contribution in [0.4, 0.5) is 4.39 Å². The van der Waals surface area contributed by atoms with Gasteiger partial charge >= 0.3 is 0 Å². The Morgan fingerprint density at radius 3 is 1.86 bits per heavy atom. The molecule has 2 aliphatic rings. The molecule has 1 fully saturated rings. The third-order valence-electron chi connectivity index (χ3n) is 7.34. The molecule has 3 aromatic rings.